The monoisotopic (exact) mass is 363 g/mol. The van der Waals surface area contributed by atoms with Gasteiger partial charge in [-0.15, -0.1) is 0 Å². The molecule has 0 atom stereocenters. The number of aromatic nitrogens is 1. The van der Waals surface area contributed by atoms with E-state index in [1.807, 2.05) is 31.2 Å². The van der Waals surface area contributed by atoms with Crippen LogP contribution in [-0.2, 0) is 17.9 Å². The molecule has 1 heterocycles. The molecule has 0 bridgehead atoms. The van der Waals surface area contributed by atoms with Crippen molar-refractivity contribution in [3.63, 3.8) is 0 Å². The summed E-state index contributed by atoms with van der Waals surface area (Å²) in [6.07, 6.45) is 1.07. The number of hydrogen-bond donors (Lipinski definition) is 0. The first-order valence-electron chi connectivity index (χ1n) is 8.97. The van der Waals surface area contributed by atoms with Gasteiger partial charge in [0.2, 0.25) is 5.91 Å². The summed E-state index contributed by atoms with van der Waals surface area (Å²) < 4.78 is 6.71. The van der Waals surface area contributed by atoms with Gasteiger partial charge in [-0.05, 0) is 36.2 Å². The number of hydrogen-bond acceptors (Lipinski definition) is 4. The first-order chi connectivity index (χ1) is 13.1. The van der Waals surface area contributed by atoms with Crippen LogP contribution in [0.3, 0.4) is 0 Å². The molecule has 3 aromatic rings. The molecule has 1 amide bonds. The van der Waals surface area contributed by atoms with E-state index in [4.69, 9.17) is 9.68 Å². The molecule has 138 valence electrons. The fourth-order valence-corrected chi connectivity index (χ4v) is 3.06. The summed E-state index contributed by atoms with van der Waals surface area (Å²) in [6.45, 7) is 3.43. The van der Waals surface area contributed by atoms with Crippen LogP contribution < -0.4 is 5.76 Å². The third-order valence-corrected chi connectivity index (χ3v) is 4.43. The first-order valence-corrected chi connectivity index (χ1v) is 8.97. The Balaban J connectivity index is 1.70. The third kappa shape index (κ3) is 4.26. The highest BCUT2D eigenvalue weighted by Gasteiger charge is 2.15. The molecule has 0 radical (unpaired) electrons. The Labute approximate surface area is 157 Å². The molecule has 3 rings (SSSR count). The Hall–Kier alpha value is -3.33. The summed E-state index contributed by atoms with van der Waals surface area (Å²) in [4.78, 5) is 26.6. The number of amides is 1. The second kappa shape index (κ2) is 8.37. The van der Waals surface area contributed by atoms with Gasteiger partial charge in [-0.2, -0.15) is 5.26 Å². The molecule has 0 N–H and O–H groups in total. The number of nitrogens with zero attached hydrogens (tertiary/aromatic N) is 3. The van der Waals surface area contributed by atoms with Gasteiger partial charge in [-0.1, -0.05) is 31.2 Å². The molecule has 0 aliphatic carbocycles. The fraction of sp³-hybridized carbons (Fsp3) is 0.286. The first kappa shape index (κ1) is 18.5. The van der Waals surface area contributed by atoms with Gasteiger partial charge in [0.05, 0.1) is 17.1 Å². The number of carbonyl (C=O) groups is 1. The summed E-state index contributed by atoms with van der Waals surface area (Å²) in [5, 5.41) is 8.89. The van der Waals surface area contributed by atoms with Gasteiger partial charge in [0.1, 0.15) is 0 Å². The van der Waals surface area contributed by atoms with Crippen molar-refractivity contribution in [1.29, 1.82) is 5.26 Å². The summed E-state index contributed by atoms with van der Waals surface area (Å²) in [5.41, 5.74) is 2.79. The standard InChI is InChI=1S/C21H21N3O3/c1-2-12-23(15-17-9-7-16(14-22)8-10-17)20(25)11-13-24-18-5-3-4-6-19(18)27-21(24)26/h3-10H,2,11-13,15H2,1H3. The van der Waals surface area contributed by atoms with Crippen molar-refractivity contribution in [1.82, 2.24) is 9.47 Å². The SMILES string of the molecule is CCCN(Cc1ccc(C#N)cc1)C(=O)CCn1c(=O)oc2ccccc21. The summed E-state index contributed by atoms with van der Waals surface area (Å²) in [6, 6.07) is 16.5. The average Bonchev–Trinajstić information content (AvgIpc) is 3.01. The van der Waals surface area contributed by atoms with Crippen molar-refractivity contribution in [2.75, 3.05) is 6.54 Å². The number of aryl methyl sites for hydroxylation is 1. The van der Waals surface area contributed by atoms with Crippen LogP contribution in [0.5, 0.6) is 0 Å². The zero-order valence-corrected chi connectivity index (χ0v) is 15.2. The van der Waals surface area contributed by atoms with Crippen LogP contribution in [0.15, 0.2) is 57.7 Å². The number of nitriles is 1. The van der Waals surface area contributed by atoms with E-state index in [2.05, 4.69) is 6.07 Å². The van der Waals surface area contributed by atoms with Crippen molar-refractivity contribution in [2.24, 2.45) is 0 Å². The second-order valence-electron chi connectivity index (χ2n) is 6.36. The van der Waals surface area contributed by atoms with Gasteiger partial charge < -0.3 is 9.32 Å². The summed E-state index contributed by atoms with van der Waals surface area (Å²) >= 11 is 0. The van der Waals surface area contributed by atoms with Crippen LogP contribution in [0, 0.1) is 11.3 Å². The Morgan fingerprint density at radius 2 is 1.93 bits per heavy atom. The lowest BCUT2D eigenvalue weighted by Gasteiger charge is -2.22. The van der Waals surface area contributed by atoms with E-state index in [0.717, 1.165) is 12.0 Å². The van der Waals surface area contributed by atoms with Crippen LogP contribution in [0.4, 0.5) is 0 Å². The molecule has 0 unspecified atom stereocenters. The Morgan fingerprint density at radius 3 is 2.63 bits per heavy atom. The van der Waals surface area contributed by atoms with Crippen LogP contribution in [0.2, 0.25) is 0 Å². The third-order valence-electron chi connectivity index (χ3n) is 4.43. The van der Waals surface area contributed by atoms with E-state index in [9.17, 15) is 9.59 Å². The maximum atomic E-state index is 12.7. The minimum absolute atomic E-state index is 0.0154. The molecule has 0 aliphatic heterocycles. The zero-order valence-electron chi connectivity index (χ0n) is 15.2. The van der Waals surface area contributed by atoms with Crippen molar-refractivity contribution in [3.8, 4) is 6.07 Å². The second-order valence-corrected chi connectivity index (χ2v) is 6.36. The van der Waals surface area contributed by atoms with Crippen molar-refractivity contribution < 1.29 is 9.21 Å². The molecule has 27 heavy (non-hydrogen) atoms. The molecule has 1 aromatic heterocycles. The highest BCUT2D eigenvalue weighted by Crippen LogP contribution is 2.13. The molecule has 6 heteroatoms. The highest BCUT2D eigenvalue weighted by molar-refractivity contribution is 5.77. The minimum atomic E-state index is -0.446. The fourth-order valence-electron chi connectivity index (χ4n) is 3.06. The predicted molar refractivity (Wildman–Crippen MR) is 102 cm³/mol. The maximum absolute atomic E-state index is 12.7. The van der Waals surface area contributed by atoms with Gasteiger partial charge in [0.25, 0.3) is 0 Å². The molecule has 6 nitrogen and oxygen atoms in total. The Bertz CT molecular complexity index is 1030. The molecule has 2 aromatic carbocycles. The normalized spacial score (nSPS) is 10.7. The van der Waals surface area contributed by atoms with Gasteiger partial charge in [-0.25, -0.2) is 4.79 Å². The highest BCUT2D eigenvalue weighted by atomic mass is 16.4. The van der Waals surface area contributed by atoms with E-state index < -0.39 is 5.76 Å². The lowest BCUT2D eigenvalue weighted by atomic mass is 10.1. The number of para-hydroxylation sites is 2. The van der Waals surface area contributed by atoms with Crippen LogP contribution in [-0.4, -0.2) is 21.9 Å². The molecule has 0 fully saturated rings. The van der Waals surface area contributed by atoms with Gasteiger partial charge >= 0.3 is 5.76 Å². The summed E-state index contributed by atoms with van der Waals surface area (Å²) in [5.74, 6) is -0.462. The van der Waals surface area contributed by atoms with E-state index in [1.54, 1.807) is 29.2 Å². The van der Waals surface area contributed by atoms with Crippen molar-refractivity contribution >= 4 is 17.0 Å². The van der Waals surface area contributed by atoms with E-state index in [-0.39, 0.29) is 18.9 Å². The smallest absolute Gasteiger partial charge is 0.408 e. The Kier molecular flexibility index (Phi) is 5.72. The topological polar surface area (TPSA) is 79.2 Å². The van der Waals surface area contributed by atoms with Gasteiger partial charge in [-0.3, -0.25) is 9.36 Å². The average molecular weight is 363 g/mol. The molecular formula is C21H21N3O3. The number of fused-ring (bicyclic) bond motifs is 1. The number of oxazole rings is 1. The van der Waals surface area contributed by atoms with Gasteiger partial charge in [0.15, 0.2) is 5.58 Å². The van der Waals surface area contributed by atoms with Crippen molar-refractivity contribution in [3.05, 3.63) is 70.2 Å². The zero-order chi connectivity index (χ0) is 19.2. The quantitative estimate of drug-likeness (QED) is 0.645. The predicted octanol–water partition coefficient (Wildman–Crippen LogP) is 3.30. The molecule has 0 spiro atoms. The Morgan fingerprint density at radius 1 is 1.19 bits per heavy atom. The van der Waals surface area contributed by atoms with Gasteiger partial charge in [0, 0.05) is 26.1 Å². The van der Waals surface area contributed by atoms with Crippen LogP contribution in [0.1, 0.15) is 30.9 Å². The molecule has 0 saturated heterocycles. The largest absolute Gasteiger partial charge is 0.419 e. The maximum Gasteiger partial charge on any atom is 0.419 e. The van der Waals surface area contributed by atoms with Crippen LogP contribution in [0.25, 0.3) is 11.1 Å². The van der Waals surface area contributed by atoms with Crippen molar-refractivity contribution in [2.45, 2.75) is 32.9 Å². The number of rotatable bonds is 7. The molecule has 0 aliphatic rings. The summed E-state index contributed by atoms with van der Waals surface area (Å²) in [7, 11) is 0. The van der Waals surface area contributed by atoms with E-state index >= 15 is 0 Å². The number of carbonyl (C=O) groups excluding carboxylic acids is 1. The minimum Gasteiger partial charge on any atom is -0.408 e. The van der Waals surface area contributed by atoms with Crippen LogP contribution >= 0.6 is 0 Å². The van der Waals surface area contributed by atoms with E-state index in [0.29, 0.717) is 29.8 Å². The van der Waals surface area contributed by atoms with E-state index in [1.165, 1.54) is 4.57 Å². The lowest BCUT2D eigenvalue weighted by Crippen LogP contribution is -2.32. The molecule has 0 saturated carbocycles. The lowest BCUT2D eigenvalue weighted by molar-refractivity contribution is -0.132. The molecular weight excluding hydrogens is 342 g/mol. The number of benzene rings is 2.